The molecule has 6 heteroatoms. The van der Waals surface area contributed by atoms with Gasteiger partial charge in [-0.25, -0.2) is 0 Å². The molecule has 33 heavy (non-hydrogen) atoms. The molecule has 0 bridgehead atoms. The molecule has 182 valence electrons. The highest BCUT2D eigenvalue weighted by atomic mass is 16.5. The van der Waals surface area contributed by atoms with Crippen LogP contribution in [0.3, 0.4) is 0 Å². The Morgan fingerprint density at radius 1 is 0.939 bits per heavy atom. The first-order valence-electron chi connectivity index (χ1n) is 13.0. The number of ether oxygens (including phenoxy) is 1. The maximum atomic E-state index is 12.8. The van der Waals surface area contributed by atoms with Gasteiger partial charge in [0.25, 0.3) is 0 Å². The van der Waals surface area contributed by atoms with Crippen molar-refractivity contribution >= 4 is 11.9 Å². The quantitative estimate of drug-likeness (QED) is 0.614. The van der Waals surface area contributed by atoms with E-state index >= 15 is 0 Å². The summed E-state index contributed by atoms with van der Waals surface area (Å²) in [7, 11) is 0. The fourth-order valence-corrected chi connectivity index (χ4v) is 5.88. The van der Waals surface area contributed by atoms with Crippen molar-refractivity contribution in [2.24, 2.45) is 5.92 Å². The largest absolute Gasteiger partial charge is 0.466 e. The van der Waals surface area contributed by atoms with Crippen molar-refractivity contribution in [1.29, 1.82) is 0 Å². The average molecular weight is 456 g/mol. The smallest absolute Gasteiger partial charge is 0.310 e. The maximum absolute atomic E-state index is 12.8. The lowest BCUT2D eigenvalue weighted by Crippen LogP contribution is -2.51. The van der Waals surface area contributed by atoms with Gasteiger partial charge in [-0.15, -0.1) is 0 Å². The lowest BCUT2D eigenvalue weighted by atomic mass is 9.93. The van der Waals surface area contributed by atoms with Crippen molar-refractivity contribution in [3.8, 4) is 0 Å². The van der Waals surface area contributed by atoms with E-state index in [4.69, 9.17) is 4.74 Å². The lowest BCUT2D eigenvalue weighted by molar-refractivity contribution is -0.150. The molecule has 1 aromatic rings. The van der Waals surface area contributed by atoms with Gasteiger partial charge in [0.1, 0.15) is 0 Å². The summed E-state index contributed by atoms with van der Waals surface area (Å²) in [5.74, 6) is 0.327. The Kier molecular flexibility index (Phi) is 8.42. The zero-order valence-corrected chi connectivity index (χ0v) is 20.5. The topological polar surface area (TPSA) is 53.1 Å². The van der Waals surface area contributed by atoms with Crippen LogP contribution < -0.4 is 0 Å². The number of nitrogens with zero attached hydrogens (tertiary/aromatic N) is 3. The number of benzene rings is 1. The maximum Gasteiger partial charge on any atom is 0.310 e. The Morgan fingerprint density at radius 3 is 2.36 bits per heavy atom. The highest BCUT2D eigenvalue weighted by Gasteiger charge is 2.34. The van der Waals surface area contributed by atoms with Gasteiger partial charge in [0.15, 0.2) is 0 Å². The second-order valence-corrected chi connectivity index (χ2v) is 10.1. The fraction of sp³-hybridized carbons (Fsp3) is 0.704. The number of amides is 1. The van der Waals surface area contributed by atoms with Crippen molar-refractivity contribution < 1.29 is 14.3 Å². The van der Waals surface area contributed by atoms with Gasteiger partial charge in [-0.1, -0.05) is 29.8 Å². The van der Waals surface area contributed by atoms with E-state index in [9.17, 15) is 9.59 Å². The number of hydrogen-bond donors (Lipinski definition) is 0. The first-order valence-corrected chi connectivity index (χ1v) is 13.0. The molecule has 2 unspecified atom stereocenters. The standard InChI is InChI=1S/C27H41N3O3/c1-3-33-27(32)23-5-4-15-29(20-23)25-12-16-28(17-13-25)24-10-11-26(31)30(18-14-24)19-22-8-6-21(2)7-9-22/h6-9,23-25H,3-5,10-20H2,1-2H3. The van der Waals surface area contributed by atoms with Crippen molar-refractivity contribution in [3.63, 3.8) is 0 Å². The van der Waals surface area contributed by atoms with E-state index in [2.05, 4.69) is 45.9 Å². The summed E-state index contributed by atoms with van der Waals surface area (Å²) in [5.41, 5.74) is 2.47. The minimum Gasteiger partial charge on any atom is -0.466 e. The van der Waals surface area contributed by atoms with Crippen LogP contribution >= 0.6 is 0 Å². The third-order valence-electron chi connectivity index (χ3n) is 7.88. The summed E-state index contributed by atoms with van der Waals surface area (Å²) in [6.45, 7) is 10.2. The van der Waals surface area contributed by atoms with Crippen molar-refractivity contribution in [2.45, 2.75) is 77.4 Å². The third-order valence-corrected chi connectivity index (χ3v) is 7.88. The number of likely N-dealkylation sites (tertiary alicyclic amines) is 3. The third kappa shape index (κ3) is 6.36. The van der Waals surface area contributed by atoms with Gasteiger partial charge >= 0.3 is 5.97 Å². The van der Waals surface area contributed by atoms with Crippen LogP contribution in [0.5, 0.6) is 0 Å². The highest BCUT2D eigenvalue weighted by molar-refractivity contribution is 5.76. The minimum absolute atomic E-state index is 0.0158. The van der Waals surface area contributed by atoms with Crippen LogP contribution in [-0.2, 0) is 20.9 Å². The van der Waals surface area contributed by atoms with Crippen molar-refractivity contribution in [3.05, 3.63) is 35.4 Å². The van der Waals surface area contributed by atoms with Gasteiger partial charge in [-0.2, -0.15) is 0 Å². The molecule has 0 radical (unpaired) electrons. The molecule has 3 saturated heterocycles. The van der Waals surface area contributed by atoms with Gasteiger partial charge in [-0.05, 0) is 77.6 Å². The Labute approximate surface area is 199 Å². The summed E-state index contributed by atoms with van der Waals surface area (Å²) in [4.78, 5) is 32.2. The summed E-state index contributed by atoms with van der Waals surface area (Å²) in [6.07, 6.45) is 7.07. The van der Waals surface area contributed by atoms with Gasteiger partial charge in [0.05, 0.1) is 12.5 Å². The molecule has 1 aromatic carbocycles. The molecule has 3 fully saturated rings. The number of esters is 1. The number of hydrogen-bond acceptors (Lipinski definition) is 5. The molecular weight excluding hydrogens is 414 g/mol. The molecule has 0 N–H and O–H groups in total. The Bertz CT molecular complexity index is 788. The molecule has 3 aliphatic rings. The van der Waals surface area contributed by atoms with E-state index in [1.165, 1.54) is 11.1 Å². The predicted molar refractivity (Wildman–Crippen MR) is 130 cm³/mol. The SMILES string of the molecule is CCOC(=O)C1CCCN(C2CCN(C3CCC(=O)N(Cc4ccc(C)cc4)CC3)CC2)C1. The van der Waals surface area contributed by atoms with Crippen LogP contribution in [0.1, 0.15) is 63.0 Å². The molecule has 1 amide bonds. The lowest BCUT2D eigenvalue weighted by Gasteiger charge is -2.43. The normalized spacial score (nSPS) is 26.2. The molecule has 3 heterocycles. The average Bonchev–Trinajstić information content (AvgIpc) is 3.02. The van der Waals surface area contributed by atoms with Crippen LogP contribution in [0.2, 0.25) is 0 Å². The zero-order chi connectivity index (χ0) is 23.2. The summed E-state index contributed by atoms with van der Waals surface area (Å²) in [5, 5.41) is 0. The first-order chi connectivity index (χ1) is 16.0. The van der Waals surface area contributed by atoms with Crippen LogP contribution in [0, 0.1) is 12.8 Å². The second-order valence-electron chi connectivity index (χ2n) is 10.1. The fourth-order valence-electron chi connectivity index (χ4n) is 5.88. The van der Waals surface area contributed by atoms with E-state index in [1.54, 1.807) is 0 Å². The highest BCUT2D eigenvalue weighted by Crippen LogP contribution is 2.28. The summed E-state index contributed by atoms with van der Waals surface area (Å²) in [6, 6.07) is 9.62. The molecule has 0 aliphatic carbocycles. The van der Waals surface area contributed by atoms with E-state index in [0.29, 0.717) is 31.0 Å². The first kappa shape index (κ1) is 24.2. The predicted octanol–water partition coefficient (Wildman–Crippen LogP) is 3.62. The molecule has 0 aromatic heterocycles. The van der Waals surface area contributed by atoms with Gasteiger partial charge in [0.2, 0.25) is 5.91 Å². The molecule has 0 saturated carbocycles. The second kappa shape index (κ2) is 11.5. The molecule has 4 rings (SSSR count). The molecule has 3 aliphatic heterocycles. The van der Waals surface area contributed by atoms with Crippen LogP contribution in [0.25, 0.3) is 0 Å². The van der Waals surface area contributed by atoms with E-state index in [-0.39, 0.29) is 11.9 Å². The summed E-state index contributed by atoms with van der Waals surface area (Å²) < 4.78 is 5.28. The van der Waals surface area contributed by atoms with Crippen LogP contribution in [0.4, 0.5) is 0 Å². The monoisotopic (exact) mass is 455 g/mol. The molecule has 2 atom stereocenters. The Morgan fingerprint density at radius 2 is 1.64 bits per heavy atom. The number of carbonyl (C=O) groups excluding carboxylic acids is 2. The Balaban J connectivity index is 1.25. The zero-order valence-electron chi connectivity index (χ0n) is 20.5. The number of carbonyl (C=O) groups is 2. The summed E-state index contributed by atoms with van der Waals surface area (Å²) >= 11 is 0. The number of piperidine rings is 2. The van der Waals surface area contributed by atoms with E-state index in [0.717, 1.165) is 77.8 Å². The number of aryl methyl sites for hydroxylation is 1. The minimum atomic E-state index is -0.0158. The van der Waals surface area contributed by atoms with Gasteiger partial charge in [-0.3, -0.25) is 14.5 Å². The van der Waals surface area contributed by atoms with Gasteiger partial charge < -0.3 is 14.5 Å². The van der Waals surface area contributed by atoms with Crippen molar-refractivity contribution in [1.82, 2.24) is 14.7 Å². The molecule has 0 spiro atoms. The Hall–Kier alpha value is -1.92. The molecule has 6 nitrogen and oxygen atoms in total. The van der Waals surface area contributed by atoms with Crippen LogP contribution in [-0.4, -0.2) is 78.0 Å². The number of rotatable bonds is 6. The van der Waals surface area contributed by atoms with Crippen molar-refractivity contribution in [2.75, 3.05) is 39.3 Å². The van der Waals surface area contributed by atoms with E-state index in [1.807, 2.05) is 6.92 Å². The van der Waals surface area contributed by atoms with Crippen LogP contribution in [0.15, 0.2) is 24.3 Å². The molecular formula is C27H41N3O3. The van der Waals surface area contributed by atoms with Gasteiger partial charge in [0, 0.05) is 38.1 Å². The van der Waals surface area contributed by atoms with E-state index < -0.39 is 0 Å².